The Bertz CT molecular complexity index is 308. The largest absolute Gasteiger partial charge is 0.397 e. The van der Waals surface area contributed by atoms with Crippen molar-refractivity contribution in [1.82, 2.24) is 10.3 Å². The number of aromatic nitrogens is 1. The second kappa shape index (κ2) is 3.11. The minimum absolute atomic E-state index is 0.386. The minimum atomic E-state index is 0.386. The molecule has 1 saturated heterocycles. The number of rotatable bonds is 1. The fourth-order valence-electron chi connectivity index (χ4n) is 1.60. The molecule has 3 heteroatoms. The summed E-state index contributed by atoms with van der Waals surface area (Å²) in [5.74, 6) is 0.394. The van der Waals surface area contributed by atoms with Gasteiger partial charge in [0.2, 0.25) is 0 Å². The lowest BCUT2D eigenvalue weighted by Crippen LogP contribution is -2.10. The fourth-order valence-corrected chi connectivity index (χ4v) is 1.60. The molecule has 0 saturated carbocycles. The van der Waals surface area contributed by atoms with Gasteiger partial charge in [-0.1, -0.05) is 0 Å². The smallest absolute Gasteiger partial charge is 0.0676 e. The van der Waals surface area contributed by atoms with E-state index in [4.69, 9.17) is 7.10 Å². The zero-order valence-corrected chi connectivity index (χ0v) is 6.88. The van der Waals surface area contributed by atoms with Crippen molar-refractivity contribution in [3.05, 3.63) is 24.0 Å². The summed E-state index contributed by atoms with van der Waals surface area (Å²) in [5.41, 5.74) is 7.21. The molecule has 1 aliphatic rings. The second-order valence-electron chi connectivity index (χ2n) is 3.08. The summed E-state index contributed by atoms with van der Waals surface area (Å²) in [6, 6.07) is 2.01. The molecule has 3 N–H and O–H groups in total. The number of nitrogens with zero attached hydrogens (tertiary/aromatic N) is 1. The van der Waals surface area contributed by atoms with Crippen LogP contribution in [-0.4, -0.2) is 18.1 Å². The third kappa shape index (κ3) is 1.28. The first-order valence-corrected chi connectivity index (χ1v) is 4.20. The van der Waals surface area contributed by atoms with Gasteiger partial charge in [-0.05, 0) is 25.1 Å². The molecule has 0 aliphatic carbocycles. The molecule has 12 heavy (non-hydrogen) atoms. The molecule has 0 aromatic carbocycles. The van der Waals surface area contributed by atoms with Gasteiger partial charge in [-0.3, -0.25) is 4.98 Å². The quantitative estimate of drug-likeness (QED) is 0.643. The molecular formula is C9H13N3. The number of nitrogens with one attached hydrogen (secondary N) is 1. The normalized spacial score (nSPS) is 24.0. The first-order chi connectivity index (χ1) is 6.29. The molecule has 1 fully saturated rings. The van der Waals surface area contributed by atoms with Gasteiger partial charge in [-0.2, -0.15) is 0 Å². The highest BCUT2D eigenvalue weighted by Gasteiger charge is 2.19. The number of pyridine rings is 1. The van der Waals surface area contributed by atoms with E-state index in [9.17, 15) is 0 Å². The summed E-state index contributed by atoms with van der Waals surface area (Å²) in [5, 5.41) is 3.26. The van der Waals surface area contributed by atoms with Crippen molar-refractivity contribution >= 4 is 5.69 Å². The van der Waals surface area contributed by atoms with Gasteiger partial charge in [0.25, 0.3) is 0 Å². The lowest BCUT2D eigenvalue weighted by atomic mass is 10.0. The number of nitrogen functional groups attached to an aromatic ring is 1. The van der Waals surface area contributed by atoms with Gasteiger partial charge in [-0.15, -0.1) is 0 Å². The van der Waals surface area contributed by atoms with Gasteiger partial charge in [0, 0.05) is 18.7 Å². The van der Waals surface area contributed by atoms with Crippen molar-refractivity contribution < 1.29 is 1.37 Å². The summed E-state index contributed by atoms with van der Waals surface area (Å²) in [4.78, 5) is 4.24. The first kappa shape index (κ1) is 6.43. The molecule has 2 heterocycles. The molecule has 0 amide bonds. The van der Waals surface area contributed by atoms with Crippen molar-refractivity contribution in [3.63, 3.8) is 0 Å². The van der Waals surface area contributed by atoms with Gasteiger partial charge in [0.05, 0.1) is 12.8 Å². The predicted octanol–water partition coefficient (Wildman–Crippen LogP) is 0.741. The number of hydrogen-bond acceptors (Lipinski definition) is 3. The number of anilines is 1. The van der Waals surface area contributed by atoms with E-state index in [2.05, 4.69) is 10.3 Å². The van der Waals surface area contributed by atoms with Gasteiger partial charge in [0.15, 0.2) is 0 Å². The van der Waals surface area contributed by atoms with Crippen LogP contribution in [0.25, 0.3) is 0 Å². The van der Waals surface area contributed by atoms with Crippen molar-refractivity contribution in [2.75, 3.05) is 18.8 Å². The highest BCUT2D eigenvalue weighted by atomic mass is 14.9. The summed E-state index contributed by atoms with van der Waals surface area (Å²) in [7, 11) is 0. The van der Waals surface area contributed by atoms with Gasteiger partial charge < -0.3 is 11.1 Å². The van der Waals surface area contributed by atoms with Crippen molar-refractivity contribution in [2.45, 2.75) is 12.3 Å². The topological polar surface area (TPSA) is 50.9 Å². The molecule has 0 radical (unpaired) electrons. The SMILES string of the molecule is [2H]c1ccnc([C@H]2CCNC2)c1N. The predicted molar refractivity (Wildman–Crippen MR) is 48.9 cm³/mol. The Morgan fingerprint density at radius 1 is 1.75 bits per heavy atom. The maximum atomic E-state index is 7.54. The standard InChI is InChI=1S/C9H13N3/c10-8-2-1-4-12-9(8)7-3-5-11-6-7/h1-2,4,7,11H,3,5-6,10H2/t7-/m0/s1/i2D. The molecule has 1 aliphatic heterocycles. The van der Waals surface area contributed by atoms with E-state index in [0.717, 1.165) is 25.2 Å². The maximum Gasteiger partial charge on any atom is 0.0676 e. The van der Waals surface area contributed by atoms with Crippen molar-refractivity contribution in [2.24, 2.45) is 0 Å². The third-order valence-electron chi connectivity index (χ3n) is 2.25. The maximum absolute atomic E-state index is 7.54. The van der Waals surface area contributed by atoms with E-state index < -0.39 is 0 Å². The highest BCUT2D eigenvalue weighted by Crippen LogP contribution is 2.24. The molecule has 1 aromatic rings. The first-order valence-electron chi connectivity index (χ1n) is 4.70. The van der Waals surface area contributed by atoms with Crippen LogP contribution in [0.3, 0.4) is 0 Å². The van der Waals surface area contributed by atoms with E-state index in [1.54, 1.807) is 12.3 Å². The van der Waals surface area contributed by atoms with E-state index in [-0.39, 0.29) is 0 Å². The molecule has 64 valence electrons. The van der Waals surface area contributed by atoms with Crippen LogP contribution >= 0.6 is 0 Å². The van der Waals surface area contributed by atoms with Crippen LogP contribution in [0.1, 0.15) is 19.4 Å². The monoisotopic (exact) mass is 164 g/mol. The van der Waals surface area contributed by atoms with E-state index in [1.165, 1.54) is 0 Å². The zero-order valence-electron chi connectivity index (χ0n) is 7.88. The van der Waals surface area contributed by atoms with Gasteiger partial charge in [0.1, 0.15) is 0 Å². The molecule has 1 atom stereocenters. The molecule has 0 bridgehead atoms. The highest BCUT2D eigenvalue weighted by molar-refractivity contribution is 5.44. The second-order valence-corrected chi connectivity index (χ2v) is 3.08. The molecule has 0 spiro atoms. The van der Waals surface area contributed by atoms with Crippen LogP contribution < -0.4 is 11.1 Å². The molecule has 2 rings (SSSR count). The van der Waals surface area contributed by atoms with Gasteiger partial charge in [-0.25, -0.2) is 0 Å². The Hall–Kier alpha value is -1.09. The van der Waals surface area contributed by atoms with Crippen LogP contribution in [0.4, 0.5) is 5.69 Å². The molecule has 1 aromatic heterocycles. The fraction of sp³-hybridized carbons (Fsp3) is 0.444. The van der Waals surface area contributed by atoms with Crippen LogP contribution in [-0.2, 0) is 0 Å². The van der Waals surface area contributed by atoms with E-state index in [1.807, 2.05) is 0 Å². The lowest BCUT2D eigenvalue weighted by molar-refractivity contribution is 0.738. The molecule has 3 nitrogen and oxygen atoms in total. The van der Waals surface area contributed by atoms with Crippen molar-refractivity contribution in [1.29, 1.82) is 0 Å². The summed E-state index contributed by atoms with van der Waals surface area (Å²) in [6.07, 6.45) is 2.73. The van der Waals surface area contributed by atoms with Crippen LogP contribution in [0.2, 0.25) is 0 Å². The Balaban J connectivity index is 2.33. The van der Waals surface area contributed by atoms with E-state index >= 15 is 0 Å². The summed E-state index contributed by atoms with van der Waals surface area (Å²) in [6.45, 7) is 1.95. The molecular weight excluding hydrogens is 150 g/mol. The zero-order chi connectivity index (χ0) is 9.26. The Kier molecular flexibility index (Phi) is 1.67. The Labute approximate surface area is 73.4 Å². The minimum Gasteiger partial charge on any atom is -0.397 e. The average Bonchev–Trinajstić information content (AvgIpc) is 2.62. The molecule has 0 unspecified atom stereocenters. The van der Waals surface area contributed by atoms with Crippen molar-refractivity contribution in [3.8, 4) is 0 Å². The third-order valence-corrected chi connectivity index (χ3v) is 2.25. The number of nitrogens with two attached hydrogens (primary N) is 1. The summed E-state index contributed by atoms with van der Waals surface area (Å²) < 4.78 is 7.54. The van der Waals surface area contributed by atoms with Crippen LogP contribution in [0, 0.1) is 0 Å². The lowest BCUT2D eigenvalue weighted by Gasteiger charge is -2.09. The van der Waals surface area contributed by atoms with Crippen LogP contribution in [0.15, 0.2) is 18.3 Å². The Morgan fingerprint density at radius 2 is 2.67 bits per heavy atom. The number of hydrogen-bond donors (Lipinski definition) is 2. The summed E-state index contributed by atoms with van der Waals surface area (Å²) >= 11 is 0. The van der Waals surface area contributed by atoms with Gasteiger partial charge >= 0.3 is 0 Å². The van der Waals surface area contributed by atoms with E-state index in [0.29, 0.717) is 17.6 Å². The van der Waals surface area contributed by atoms with Crippen LogP contribution in [0.5, 0.6) is 0 Å². The average molecular weight is 164 g/mol. The Morgan fingerprint density at radius 3 is 3.42 bits per heavy atom.